The van der Waals surface area contributed by atoms with Gasteiger partial charge in [-0.2, -0.15) is 0 Å². The molecule has 0 saturated heterocycles. The van der Waals surface area contributed by atoms with Gasteiger partial charge < -0.3 is 0 Å². The maximum Gasteiger partial charge on any atom is 0.0636 e. The van der Waals surface area contributed by atoms with Crippen LogP contribution in [0.3, 0.4) is 0 Å². The van der Waals surface area contributed by atoms with E-state index in [1.54, 1.807) is 0 Å². The summed E-state index contributed by atoms with van der Waals surface area (Å²) in [6.07, 6.45) is 10.2. The second-order valence-electron chi connectivity index (χ2n) is 1.54. The minimum absolute atomic E-state index is 0.0403. The monoisotopic (exact) mass is 130 g/mol. The van der Waals surface area contributed by atoms with Crippen molar-refractivity contribution in [1.82, 2.24) is 0 Å². The maximum absolute atomic E-state index is 7.45. The molecule has 0 N–H and O–H groups in total. The molecule has 0 spiro atoms. The summed E-state index contributed by atoms with van der Waals surface area (Å²) >= 11 is 0. The molecule has 0 heterocycles. The van der Waals surface area contributed by atoms with Crippen molar-refractivity contribution in [3.8, 4) is 24.7 Å². The molecule has 0 amide bonds. The summed E-state index contributed by atoms with van der Waals surface area (Å²) in [7, 11) is 0. The highest BCUT2D eigenvalue weighted by molar-refractivity contribution is 5.47. The van der Waals surface area contributed by atoms with Crippen molar-refractivity contribution in [2.45, 2.75) is 0 Å². The molecule has 0 nitrogen and oxygen atoms in total. The fourth-order valence-electron chi connectivity index (χ4n) is 0.529. The molecule has 10 heavy (non-hydrogen) atoms. The highest BCUT2D eigenvalue weighted by Crippen LogP contribution is 2.03. The first-order valence-electron chi connectivity index (χ1n) is 4.58. The topological polar surface area (TPSA) is 0 Å². The van der Waals surface area contributed by atoms with E-state index in [1.165, 1.54) is 0 Å². The van der Waals surface area contributed by atoms with Crippen LogP contribution in [0.5, 0.6) is 0 Å². The summed E-state index contributed by atoms with van der Waals surface area (Å²) in [6, 6.07) is -1.24. The third-order valence-electron chi connectivity index (χ3n) is 0.976. The predicted octanol–water partition coefficient (Wildman–Crippen LogP) is 1.65. The van der Waals surface area contributed by atoms with Crippen LogP contribution in [0.4, 0.5) is 0 Å². The molecule has 46 valence electrons. The van der Waals surface area contributed by atoms with E-state index in [-0.39, 0.29) is 35.3 Å². The van der Waals surface area contributed by atoms with Gasteiger partial charge in [-0.05, 0) is 12.1 Å². The zero-order valence-corrected chi connectivity index (χ0v) is 5.15. The molecule has 0 aromatic heterocycles. The fraction of sp³-hybridized carbons (Fsp3) is 0. The highest BCUT2D eigenvalue weighted by atomic mass is 13.9. The smallest absolute Gasteiger partial charge is 0.0636 e. The molecule has 1 rings (SSSR count). The van der Waals surface area contributed by atoms with E-state index in [9.17, 15) is 0 Å². The van der Waals surface area contributed by atoms with E-state index in [2.05, 4.69) is 11.8 Å². The van der Waals surface area contributed by atoms with Gasteiger partial charge in [0, 0.05) is 11.1 Å². The van der Waals surface area contributed by atoms with Crippen molar-refractivity contribution >= 4 is 0 Å². The minimum atomic E-state index is -0.359. The number of hydrogen-bond donors (Lipinski definition) is 0. The van der Waals surface area contributed by atoms with Gasteiger partial charge in [0.15, 0.2) is 0 Å². The van der Waals surface area contributed by atoms with Crippen LogP contribution in [0.15, 0.2) is 24.2 Å². The first kappa shape index (κ1) is 2.95. The van der Waals surface area contributed by atoms with Gasteiger partial charge in [-0.15, -0.1) is 12.8 Å². The zero-order valence-electron chi connectivity index (χ0n) is 9.15. The normalized spacial score (nSPS) is 13.4. The van der Waals surface area contributed by atoms with Crippen LogP contribution < -0.4 is 0 Å². The molecule has 0 atom stereocenters. The van der Waals surface area contributed by atoms with Crippen molar-refractivity contribution in [3.05, 3.63) is 35.3 Å². The third kappa shape index (κ3) is 1.02. The SMILES string of the molecule is [2H]c1c([2H])c([2H])c(C#C)c(C#C)c1[2H]. The average molecular weight is 130 g/mol. The highest BCUT2D eigenvalue weighted by Gasteiger charge is 1.90. The number of hydrogen-bond acceptors (Lipinski definition) is 0. The molecule has 0 aliphatic heterocycles. The second kappa shape index (κ2) is 2.76. The van der Waals surface area contributed by atoms with Crippen LogP contribution in [-0.4, -0.2) is 0 Å². The summed E-state index contributed by atoms with van der Waals surface area (Å²) in [5.41, 5.74) is 0.0806. The molecule has 0 saturated carbocycles. The standard InChI is InChI=1S/C10H6/c1-3-9-7-5-6-8-10(9)4-2/h1-2,5-8H/i5D,6D,7D,8D. The van der Waals surface area contributed by atoms with Gasteiger partial charge in [-0.1, -0.05) is 23.9 Å². The Morgan fingerprint density at radius 1 is 1.10 bits per heavy atom. The van der Waals surface area contributed by atoms with Crippen molar-refractivity contribution < 1.29 is 5.48 Å². The van der Waals surface area contributed by atoms with Crippen molar-refractivity contribution in [3.63, 3.8) is 0 Å². The Kier molecular flexibility index (Phi) is 0.814. The Labute approximate surface area is 66.5 Å². The van der Waals surface area contributed by atoms with Crippen molar-refractivity contribution in [1.29, 1.82) is 0 Å². The Hall–Kier alpha value is -1.66. The molecule has 0 radical (unpaired) electrons. The zero-order chi connectivity index (χ0) is 10.9. The first-order valence-corrected chi connectivity index (χ1v) is 2.58. The lowest BCUT2D eigenvalue weighted by molar-refractivity contribution is 1.59. The van der Waals surface area contributed by atoms with Crippen molar-refractivity contribution in [2.75, 3.05) is 0 Å². The number of benzene rings is 1. The van der Waals surface area contributed by atoms with E-state index in [4.69, 9.17) is 18.3 Å². The van der Waals surface area contributed by atoms with E-state index in [0.717, 1.165) is 0 Å². The van der Waals surface area contributed by atoms with Crippen LogP contribution in [-0.2, 0) is 0 Å². The summed E-state index contributed by atoms with van der Waals surface area (Å²) in [4.78, 5) is 0. The lowest BCUT2D eigenvalue weighted by Gasteiger charge is -1.92. The molecule has 1 aromatic carbocycles. The Morgan fingerprint density at radius 2 is 1.50 bits per heavy atom. The molecule has 1 aromatic rings. The summed E-state index contributed by atoms with van der Waals surface area (Å²) < 4.78 is 29.6. The van der Waals surface area contributed by atoms with Gasteiger partial charge in [0.2, 0.25) is 0 Å². The predicted molar refractivity (Wildman–Crippen MR) is 42.3 cm³/mol. The first-order chi connectivity index (χ1) is 6.54. The van der Waals surface area contributed by atoms with Crippen LogP contribution >= 0.6 is 0 Å². The molecule has 0 aliphatic carbocycles. The molecule has 0 fully saturated rings. The third-order valence-corrected chi connectivity index (χ3v) is 0.976. The van der Waals surface area contributed by atoms with Crippen molar-refractivity contribution in [2.24, 2.45) is 0 Å². The van der Waals surface area contributed by atoms with Crippen LogP contribution in [0.2, 0.25) is 0 Å². The molecule has 0 aliphatic rings. The van der Waals surface area contributed by atoms with Gasteiger partial charge in [0.25, 0.3) is 0 Å². The second-order valence-corrected chi connectivity index (χ2v) is 1.54. The van der Waals surface area contributed by atoms with Gasteiger partial charge in [-0.25, -0.2) is 0 Å². The average Bonchev–Trinajstić information content (AvgIpc) is 2.20. The Bertz CT molecular complexity index is 430. The van der Waals surface area contributed by atoms with Gasteiger partial charge >= 0.3 is 0 Å². The lowest BCUT2D eigenvalue weighted by atomic mass is 10.1. The maximum atomic E-state index is 7.45. The minimum Gasteiger partial charge on any atom is -0.115 e. The van der Waals surface area contributed by atoms with E-state index >= 15 is 0 Å². The Morgan fingerprint density at radius 3 is 1.80 bits per heavy atom. The molecule has 0 bridgehead atoms. The largest absolute Gasteiger partial charge is 0.115 e. The summed E-state index contributed by atoms with van der Waals surface area (Å²) in [6.45, 7) is 0. The number of terminal acetylenes is 2. The molecular weight excluding hydrogens is 120 g/mol. The Balaban J connectivity index is 3.79. The quantitative estimate of drug-likeness (QED) is 0.468. The van der Waals surface area contributed by atoms with E-state index in [0.29, 0.717) is 0 Å². The van der Waals surface area contributed by atoms with Gasteiger partial charge in [-0.3, -0.25) is 0 Å². The van der Waals surface area contributed by atoms with Crippen LogP contribution in [0, 0.1) is 24.7 Å². The van der Waals surface area contributed by atoms with Gasteiger partial charge in [0.05, 0.1) is 5.48 Å². The summed E-state index contributed by atoms with van der Waals surface area (Å²) in [5, 5.41) is 0. The fourth-order valence-corrected chi connectivity index (χ4v) is 0.529. The van der Waals surface area contributed by atoms with Crippen LogP contribution in [0.1, 0.15) is 16.6 Å². The summed E-state index contributed by atoms with van der Waals surface area (Å²) in [5.74, 6) is 4.34. The van der Waals surface area contributed by atoms with Gasteiger partial charge in [0.1, 0.15) is 0 Å². The van der Waals surface area contributed by atoms with Crippen LogP contribution in [0.25, 0.3) is 0 Å². The van der Waals surface area contributed by atoms with E-state index in [1.807, 2.05) is 0 Å². The lowest BCUT2D eigenvalue weighted by Crippen LogP contribution is -1.79. The number of rotatable bonds is 0. The molecular formula is C10H6. The van der Waals surface area contributed by atoms with E-state index < -0.39 is 0 Å². The molecule has 0 unspecified atom stereocenters. The molecule has 0 heteroatoms.